The van der Waals surface area contributed by atoms with Gasteiger partial charge in [-0.1, -0.05) is 39.3 Å². The Labute approximate surface area is 284 Å². The van der Waals surface area contributed by atoms with Gasteiger partial charge in [0.25, 0.3) is 0 Å². The average Bonchev–Trinajstić information content (AvgIpc) is 3.63. The number of hydrogen-bond acceptors (Lipinski definition) is 8. The van der Waals surface area contributed by atoms with E-state index in [0.717, 1.165) is 16.1 Å². The summed E-state index contributed by atoms with van der Waals surface area (Å²) in [4.78, 5) is 35.3. The van der Waals surface area contributed by atoms with Crippen molar-refractivity contribution < 1.29 is 41.5 Å². The van der Waals surface area contributed by atoms with Gasteiger partial charge in [0.2, 0.25) is 17.7 Å². The van der Waals surface area contributed by atoms with Crippen LogP contribution < -0.4 is 10.1 Å². The van der Waals surface area contributed by atoms with Crippen LogP contribution in [0.15, 0.2) is 62.5 Å². The lowest BCUT2D eigenvalue weighted by Gasteiger charge is -2.27. The number of nitrogens with one attached hydrogen (secondary N) is 1. The molecule has 1 aliphatic heterocycles. The van der Waals surface area contributed by atoms with Crippen molar-refractivity contribution in [3.05, 3.63) is 70.0 Å². The van der Waals surface area contributed by atoms with E-state index in [1.165, 1.54) is 12.1 Å². The third-order valence-corrected chi connectivity index (χ3v) is 6.99. The first-order valence-corrected chi connectivity index (χ1v) is 15.9. The third-order valence-electron chi connectivity index (χ3n) is 6.49. The zero-order valence-corrected chi connectivity index (χ0v) is 28.9. The number of halogens is 4. The summed E-state index contributed by atoms with van der Waals surface area (Å²) in [5, 5.41) is 6.44. The van der Waals surface area contributed by atoms with Gasteiger partial charge < -0.3 is 23.6 Å². The highest BCUT2D eigenvalue weighted by Crippen LogP contribution is 2.39. The molecule has 1 aromatic heterocycles. The van der Waals surface area contributed by atoms with Crippen LogP contribution in [-0.4, -0.2) is 57.5 Å². The molecule has 0 radical (unpaired) electrons. The number of alkyl carbamates (subject to hydrolysis) is 1. The predicted molar refractivity (Wildman–Crippen MR) is 175 cm³/mol. The topological polar surface area (TPSA) is 128 Å². The van der Waals surface area contributed by atoms with Crippen LogP contribution in [0.25, 0.3) is 17.5 Å². The molecule has 11 nitrogen and oxygen atoms in total. The molecule has 1 saturated heterocycles. The Morgan fingerprint density at radius 3 is 2.48 bits per heavy atom. The van der Waals surface area contributed by atoms with Crippen molar-refractivity contribution in [3.8, 4) is 17.1 Å². The van der Waals surface area contributed by atoms with Crippen molar-refractivity contribution in [1.82, 2.24) is 20.4 Å². The van der Waals surface area contributed by atoms with Gasteiger partial charge in [0, 0.05) is 16.6 Å². The molecule has 2 amide bonds. The Bertz CT molecular complexity index is 1680. The van der Waals surface area contributed by atoms with E-state index in [2.05, 4.69) is 36.4 Å². The van der Waals surface area contributed by atoms with Gasteiger partial charge in [0.1, 0.15) is 29.6 Å². The molecule has 2 aromatic carbocycles. The number of rotatable bonds is 6. The first-order chi connectivity index (χ1) is 22.4. The number of alkyl halides is 3. The molecule has 48 heavy (non-hydrogen) atoms. The largest absolute Gasteiger partial charge is 0.489 e. The van der Waals surface area contributed by atoms with Crippen LogP contribution in [0.4, 0.5) is 22.8 Å². The van der Waals surface area contributed by atoms with E-state index in [9.17, 15) is 22.8 Å². The molecule has 0 saturated carbocycles. The monoisotopic (exact) mass is 735 g/mol. The van der Waals surface area contributed by atoms with Gasteiger partial charge in [-0.3, -0.25) is 5.32 Å². The second-order valence-electron chi connectivity index (χ2n) is 12.8. The summed E-state index contributed by atoms with van der Waals surface area (Å²) in [6.45, 7) is 10.3. The zero-order valence-electron chi connectivity index (χ0n) is 27.4. The first kappa shape index (κ1) is 36.4. The molecule has 3 aromatic rings. The molecule has 4 rings (SSSR count). The summed E-state index contributed by atoms with van der Waals surface area (Å²) < 4.78 is 64.8. The van der Waals surface area contributed by atoms with Crippen LogP contribution in [-0.2, 0) is 15.7 Å². The van der Waals surface area contributed by atoms with Gasteiger partial charge >= 0.3 is 18.4 Å². The molecule has 0 spiro atoms. The van der Waals surface area contributed by atoms with E-state index in [-0.39, 0.29) is 35.6 Å². The number of amides is 2. The number of likely N-dealkylation sites (tertiary alicyclic amines) is 1. The molecule has 2 heterocycles. The van der Waals surface area contributed by atoms with Crippen molar-refractivity contribution >= 4 is 40.2 Å². The fraction of sp³-hybridized carbons (Fsp3) is 0.424. The van der Waals surface area contributed by atoms with Crippen LogP contribution >= 0.6 is 15.9 Å². The van der Waals surface area contributed by atoms with Crippen molar-refractivity contribution in [2.24, 2.45) is 4.99 Å². The van der Waals surface area contributed by atoms with Gasteiger partial charge in [0.15, 0.2) is 0 Å². The summed E-state index contributed by atoms with van der Waals surface area (Å²) in [5.74, 6) is -0.547. The predicted octanol–water partition coefficient (Wildman–Crippen LogP) is 8.56. The Morgan fingerprint density at radius 1 is 1.08 bits per heavy atom. The first-order valence-electron chi connectivity index (χ1n) is 15.1. The highest BCUT2D eigenvalue weighted by atomic mass is 79.9. The Hall–Kier alpha value is -4.40. The van der Waals surface area contributed by atoms with Crippen LogP contribution in [0.1, 0.15) is 77.4 Å². The maximum absolute atomic E-state index is 14.1. The molecular weight excluding hydrogens is 699 g/mol. The molecule has 1 fully saturated rings. The molecule has 0 bridgehead atoms. The van der Waals surface area contributed by atoms with Crippen molar-refractivity contribution in [1.29, 1.82) is 0 Å². The summed E-state index contributed by atoms with van der Waals surface area (Å²) >= 11 is 3.38. The minimum atomic E-state index is -4.73. The van der Waals surface area contributed by atoms with E-state index in [1.54, 1.807) is 58.6 Å². The number of ether oxygens (including phenoxy) is 3. The normalized spacial score (nSPS) is 15.9. The Morgan fingerprint density at radius 2 is 1.81 bits per heavy atom. The zero-order chi connectivity index (χ0) is 35.3. The highest BCUT2D eigenvalue weighted by Gasteiger charge is 2.37. The van der Waals surface area contributed by atoms with E-state index in [0.29, 0.717) is 19.4 Å². The molecule has 15 heteroatoms. The van der Waals surface area contributed by atoms with Gasteiger partial charge in [-0.25, -0.2) is 9.59 Å². The Kier molecular flexibility index (Phi) is 11.2. The van der Waals surface area contributed by atoms with Crippen molar-refractivity contribution in [3.63, 3.8) is 0 Å². The number of hydrogen-bond donors (Lipinski definition) is 1. The SMILES string of the molecule is CC(C)(C)OC(=O)/N=C(\NC(=O)OC(C)(C)C)N1CCC[C@H]1c1nc(-c2ccc(OC/C=C/c3cccc(Br)c3)c(C(F)(F)F)c2)no1. The summed E-state index contributed by atoms with van der Waals surface area (Å²) in [7, 11) is 0. The lowest BCUT2D eigenvalue weighted by atomic mass is 10.1. The highest BCUT2D eigenvalue weighted by molar-refractivity contribution is 9.10. The maximum Gasteiger partial charge on any atom is 0.437 e. The molecule has 258 valence electrons. The quantitative estimate of drug-likeness (QED) is 0.196. The van der Waals surface area contributed by atoms with E-state index in [4.69, 9.17) is 18.7 Å². The van der Waals surface area contributed by atoms with E-state index in [1.807, 2.05) is 24.3 Å². The second kappa shape index (κ2) is 14.8. The third kappa shape index (κ3) is 10.6. The lowest BCUT2D eigenvalue weighted by Crippen LogP contribution is -2.46. The molecule has 0 unspecified atom stereocenters. The number of aromatic nitrogens is 2. The number of carbonyl (C=O) groups is 2. The van der Waals surface area contributed by atoms with E-state index >= 15 is 0 Å². The minimum absolute atomic E-state index is 0.0495. The smallest absolute Gasteiger partial charge is 0.437 e. The number of carbonyl (C=O) groups excluding carboxylic acids is 2. The number of nitrogens with zero attached hydrogens (tertiary/aromatic N) is 4. The lowest BCUT2D eigenvalue weighted by molar-refractivity contribution is -0.138. The van der Waals surface area contributed by atoms with Crippen LogP contribution in [0, 0.1) is 0 Å². The maximum atomic E-state index is 14.1. The van der Waals surface area contributed by atoms with Crippen molar-refractivity contribution in [2.75, 3.05) is 13.2 Å². The van der Waals surface area contributed by atoms with Crippen LogP contribution in [0.2, 0.25) is 0 Å². The summed E-state index contributed by atoms with van der Waals surface area (Å²) in [6.07, 6.45) is -2.12. The van der Waals surface area contributed by atoms with Crippen molar-refractivity contribution in [2.45, 2.75) is 77.8 Å². The number of benzene rings is 2. The van der Waals surface area contributed by atoms with Gasteiger partial charge in [0.05, 0.1) is 5.56 Å². The Balaban J connectivity index is 1.56. The standard InChI is InChI=1S/C33H37BrF3N5O6/c1-31(2,3)46-29(43)39-28(40-30(44)47-32(4,5)6)42-16-8-13-24(42)27-38-26(41-48-27)21-14-15-25(23(19-21)33(35,36)37)45-17-9-11-20-10-7-12-22(34)18-20/h7,9-12,14-15,18-19,24H,8,13,16-17H2,1-6H3,(H,39,40,43,44)/b11-9+/t24-/m0/s1. The fourth-order valence-electron chi connectivity index (χ4n) is 4.64. The number of guanidine groups is 1. The van der Waals surface area contributed by atoms with Crippen LogP contribution in [0.5, 0.6) is 5.75 Å². The van der Waals surface area contributed by atoms with Gasteiger partial charge in [-0.2, -0.15) is 18.2 Å². The van der Waals surface area contributed by atoms with Crippen LogP contribution in [0.3, 0.4) is 0 Å². The van der Waals surface area contributed by atoms with E-state index < -0.39 is 41.2 Å². The summed E-state index contributed by atoms with van der Waals surface area (Å²) in [6, 6.07) is 10.3. The second-order valence-corrected chi connectivity index (χ2v) is 13.7. The average molecular weight is 737 g/mol. The minimum Gasteiger partial charge on any atom is -0.489 e. The molecule has 1 N–H and O–H groups in total. The molecule has 0 aliphatic carbocycles. The number of aliphatic imine (C=N–C) groups is 1. The summed E-state index contributed by atoms with van der Waals surface area (Å²) in [5.41, 5.74) is -1.78. The molecule has 1 aliphatic rings. The molecular formula is C33H37BrF3N5O6. The van der Waals surface area contributed by atoms with Gasteiger partial charge in [-0.05, 0) is 96.4 Å². The van der Waals surface area contributed by atoms with Gasteiger partial charge in [-0.15, -0.1) is 4.99 Å². The molecule has 1 atom stereocenters. The fourth-order valence-corrected chi connectivity index (χ4v) is 5.06.